The molecule has 1 aliphatic carbocycles. The van der Waals surface area contributed by atoms with Gasteiger partial charge in [-0.25, -0.2) is 0 Å². The van der Waals surface area contributed by atoms with Gasteiger partial charge < -0.3 is 4.90 Å². The summed E-state index contributed by atoms with van der Waals surface area (Å²) in [6.07, 6.45) is 8.88. The van der Waals surface area contributed by atoms with Crippen LogP contribution in [-0.4, -0.2) is 23.9 Å². The second kappa shape index (κ2) is 6.62. The summed E-state index contributed by atoms with van der Waals surface area (Å²) < 4.78 is 2.26. The fourth-order valence-corrected chi connectivity index (χ4v) is 3.63. The van der Waals surface area contributed by atoms with Crippen LogP contribution in [0.5, 0.6) is 0 Å². The second-order valence-electron chi connectivity index (χ2n) is 8.35. The Kier molecular flexibility index (Phi) is 4.71. The third-order valence-electron chi connectivity index (χ3n) is 5.09. The normalized spacial score (nSPS) is 16.4. The van der Waals surface area contributed by atoms with E-state index in [0.29, 0.717) is 6.04 Å². The monoisotopic (exact) mass is 325 g/mol. The van der Waals surface area contributed by atoms with Crippen LogP contribution in [0.25, 0.3) is 11.1 Å². The molecule has 130 valence electrons. The lowest BCUT2D eigenvalue weighted by Gasteiger charge is -2.22. The van der Waals surface area contributed by atoms with Crippen molar-refractivity contribution >= 4 is 5.69 Å². The first-order valence-corrected chi connectivity index (χ1v) is 9.23. The van der Waals surface area contributed by atoms with Gasteiger partial charge >= 0.3 is 0 Å². The van der Waals surface area contributed by atoms with Gasteiger partial charge in [-0.2, -0.15) is 5.10 Å². The Labute approximate surface area is 146 Å². The average molecular weight is 325 g/mol. The van der Waals surface area contributed by atoms with Gasteiger partial charge in [0, 0.05) is 37.0 Å². The molecule has 0 bridgehead atoms. The molecule has 3 rings (SSSR count). The first-order valence-electron chi connectivity index (χ1n) is 9.23. The number of aromatic nitrogens is 2. The smallest absolute Gasteiger partial charge is 0.0756 e. The van der Waals surface area contributed by atoms with Gasteiger partial charge in [-0.3, -0.25) is 4.68 Å². The summed E-state index contributed by atoms with van der Waals surface area (Å²) in [4.78, 5) is 2.14. The molecule has 3 heteroatoms. The van der Waals surface area contributed by atoms with Crippen molar-refractivity contribution in [3.63, 3.8) is 0 Å². The van der Waals surface area contributed by atoms with Crippen LogP contribution in [0, 0.1) is 0 Å². The molecule has 2 aromatic rings. The highest BCUT2D eigenvalue weighted by Crippen LogP contribution is 2.36. The van der Waals surface area contributed by atoms with E-state index in [0.717, 1.165) is 0 Å². The lowest BCUT2D eigenvalue weighted by Crippen LogP contribution is -2.17. The number of rotatable bonds is 3. The highest BCUT2D eigenvalue weighted by molar-refractivity contribution is 5.69. The summed E-state index contributed by atoms with van der Waals surface area (Å²) in [5.41, 5.74) is 5.06. The molecule has 0 saturated heterocycles. The number of hydrogen-bond acceptors (Lipinski definition) is 2. The summed E-state index contributed by atoms with van der Waals surface area (Å²) >= 11 is 0. The molecule has 1 aromatic heterocycles. The molecule has 24 heavy (non-hydrogen) atoms. The molecule has 1 fully saturated rings. The standard InChI is InChI=1S/C21H31N3/c1-21(2,3)20-19(16-11-13-17(14-12-16)23(4)5)15-24(22-20)18-9-7-6-8-10-18/h11-15,18H,6-10H2,1-5H3. The topological polar surface area (TPSA) is 21.1 Å². The molecule has 3 nitrogen and oxygen atoms in total. The SMILES string of the molecule is CN(C)c1ccc(-c2cn(C3CCCCC3)nc2C(C)(C)C)cc1. The van der Waals surface area contributed by atoms with Crippen molar-refractivity contribution < 1.29 is 0 Å². The van der Waals surface area contributed by atoms with Crippen molar-refractivity contribution in [3.05, 3.63) is 36.2 Å². The highest BCUT2D eigenvalue weighted by Gasteiger charge is 2.26. The Morgan fingerprint density at radius 3 is 2.17 bits per heavy atom. The van der Waals surface area contributed by atoms with Crippen molar-refractivity contribution in [1.82, 2.24) is 9.78 Å². The number of benzene rings is 1. The van der Waals surface area contributed by atoms with E-state index in [2.05, 4.69) is 74.9 Å². The Bertz CT molecular complexity index is 668. The van der Waals surface area contributed by atoms with E-state index in [4.69, 9.17) is 5.10 Å². The van der Waals surface area contributed by atoms with Crippen LogP contribution in [0.2, 0.25) is 0 Å². The number of hydrogen-bond donors (Lipinski definition) is 0. The van der Waals surface area contributed by atoms with E-state index >= 15 is 0 Å². The predicted molar refractivity (Wildman–Crippen MR) is 103 cm³/mol. The number of anilines is 1. The van der Waals surface area contributed by atoms with E-state index in [1.165, 1.54) is 54.6 Å². The zero-order chi connectivity index (χ0) is 17.3. The first kappa shape index (κ1) is 17.1. The Morgan fingerprint density at radius 2 is 1.62 bits per heavy atom. The van der Waals surface area contributed by atoms with Gasteiger partial charge in [0.15, 0.2) is 0 Å². The molecular weight excluding hydrogens is 294 g/mol. The number of nitrogens with zero attached hydrogens (tertiary/aromatic N) is 3. The maximum Gasteiger partial charge on any atom is 0.0756 e. The van der Waals surface area contributed by atoms with Gasteiger partial charge in [0.2, 0.25) is 0 Å². The van der Waals surface area contributed by atoms with Crippen molar-refractivity contribution in [2.75, 3.05) is 19.0 Å². The first-order chi connectivity index (χ1) is 11.4. The summed E-state index contributed by atoms with van der Waals surface area (Å²) in [7, 11) is 4.16. The lowest BCUT2D eigenvalue weighted by molar-refractivity contribution is 0.325. The average Bonchev–Trinajstić information content (AvgIpc) is 3.01. The van der Waals surface area contributed by atoms with Crippen LogP contribution >= 0.6 is 0 Å². The van der Waals surface area contributed by atoms with Gasteiger partial charge in [0.25, 0.3) is 0 Å². The van der Waals surface area contributed by atoms with Crippen LogP contribution in [0.1, 0.15) is 64.6 Å². The van der Waals surface area contributed by atoms with Crippen molar-refractivity contribution in [3.8, 4) is 11.1 Å². The molecule has 1 saturated carbocycles. The van der Waals surface area contributed by atoms with Crippen molar-refractivity contribution in [2.45, 2.75) is 64.3 Å². The fraction of sp³-hybridized carbons (Fsp3) is 0.571. The van der Waals surface area contributed by atoms with Crippen LogP contribution in [0.15, 0.2) is 30.5 Å². The summed E-state index contributed by atoms with van der Waals surface area (Å²) in [6.45, 7) is 6.79. The van der Waals surface area contributed by atoms with Crippen LogP contribution in [0.3, 0.4) is 0 Å². The summed E-state index contributed by atoms with van der Waals surface area (Å²) in [5.74, 6) is 0. The maximum atomic E-state index is 5.05. The lowest BCUT2D eigenvalue weighted by atomic mass is 9.87. The largest absolute Gasteiger partial charge is 0.378 e. The predicted octanol–water partition coefficient (Wildman–Crippen LogP) is 5.42. The van der Waals surface area contributed by atoms with Crippen LogP contribution in [0.4, 0.5) is 5.69 Å². The van der Waals surface area contributed by atoms with E-state index < -0.39 is 0 Å². The molecule has 0 spiro atoms. The Hall–Kier alpha value is -1.77. The molecule has 1 aliphatic rings. The maximum absolute atomic E-state index is 5.05. The molecule has 0 amide bonds. The molecule has 0 N–H and O–H groups in total. The molecule has 0 aliphatic heterocycles. The minimum Gasteiger partial charge on any atom is -0.378 e. The molecule has 0 atom stereocenters. The zero-order valence-corrected chi connectivity index (χ0v) is 15.8. The third-order valence-corrected chi connectivity index (χ3v) is 5.09. The van der Waals surface area contributed by atoms with Gasteiger partial charge in [-0.05, 0) is 30.5 Å². The minimum atomic E-state index is 0.0511. The van der Waals surface area contributed by atoms with E-state index in [1.807, 2.05) is 0 Å². The zero-order valence-electron chi connectivity index (χ0n) is 15.8. The quantitative estimate of drug-likeness (QED) is 0.751. The molecule has 0 radical (unpaired) electrons. The second-order valence-corrected chi connectivity index (χ2v) is 8.35. The minimum absolute atomic E-state index is 0.0511. The molecule has 1 aromatic carbocycles. The van der Waals surface area contributed by atoms with Gasteiger partial charge in [0.05, 0.1) is 11.7 Å². The fourth-order valence-electron chi connectivity index (χ4n) is 3.63. The summed E-state index contributed by atoms with van der Waals surface area (Å²) in [6, 6.07) is 9.42. The van der Waals surface area contributed by atoms with E-state index in [9.17, 15) is 0 Å². The Balaban J connectivity index is 2.00. The van der Waals surface area contributed by atoms with Crippen molar-refractivity contribution in [1.29, 1.82) is 0 Å². The van der Waals surface area contributed by atoms with Crippen molar-refractivity contribution in [2.24, 2.45) is 0 Å². The Morgan fingerprint density at radius 1 is 1.00 bits per heavy atom. The van der Waals surface area contributed by atoms with E-state index in [-0.39, 0.29) is 5.41 Å². The van der Waals surface area contributed by atoms with Crippen LogP contribution < -0.4 is 4.90 Å². The molecule has 1 heterocycles. The van der Waals surface area contributed by atoms with Gasteiger partial charge in [0.1, 0.15) is 0 Å². The van der Waals surface area contributed by atoms with Gasteiger partial charge in [-0.1, -0.05) is 52.2 Å². The molecular formula is C21H31N3. The van der Waals surface area contributed by atoms with Crippen LogP contribution in [-0.2, 0) is 5.41 Å². The third kappa shape index (κ3) is 3.50. The summed E-state index contributed by atoms with van der Waals surface area (Å²) in [5, 5.41) is 5.05. The molecule has 0 unspecified atom stereocenters. The highest BCUT2D eigenvalue weighted by atomic mass is 15.3. The van der Waals surface area contributed by atoms with Gasteiger partial charge in [-0.15, -0.1) is 0 Å². The van der Waals surface area contributed by atoms with E-state index in [1.54, 1.807) is 0 Å².